The van der Waals surface area contributed by atoms with Crippen LogP contribution in [-0.4, -0.2) is 67.3 Å². The first kappa shape index (κ1) is 20.0. The third kappa shape index (κ3) is 5.15. The number of aliphatic imine (C=N–C) groups is 1. The van der Waals surface area contributed by atoms with Gasteiger partial charge in [0, 0.05) is 47.2 Å². The highest BCUT2D eigenvalue weighted by Gasteiger charge is 2.40. The van der Waals surface area contributed by atoms with Gasteiger partial charge in [0.05, 0.1) is 19.8 Å². The van der Waals surface area contributed by atoms with Crippen LogP contribution < -0.4 is 10.6 Å². The Balaban J connectivity index is 1.61. The summed E-state index contributed by atoms with van der Waals surface area (Å²) in [5, 5.41) is 7.05. The van der Waals surface area contributed by atoms with Gasteiger partial charge in [-0.15, -0.1) is 11.3 Å². The molecular formula is C19H32N4OS2. The van der Waals surface area contributed by atoms with E-state index in [1.807, 2.05) is 11.3 Å². The van der Waals surface area contributed by atoms with Crippen molar-refractivity contribution in [3.8, 4) is 0 Å². The zero-order chi connectivity index (χ0) is 18.2. The lowest BCUT2D eigenvalue weighted by atomic mass is 9.95. The topological polar surface area (TPSA) is 48.9 Å². The molecule has 0 aliphatic carbocycles. The molecule has 146 valence electrons. The van der Waals surface area contributed by atoms with E-state index < -0.39 is 0 Å². The number of hydrogen-bond donors (Lipinski definition) is 2. The van der Waals surface area contributed by atoms with E-state index in [1.165, 1.54) is 27.7 Å². The van der Waals surface area contributed by atoms with Crippen molar-refractivity contribution in [1.29, 1.82) is 0 Å². The molecule has 2 N–H and O–H groups in total. The van der Waals surface area contributed by atoms with Crippen molar-refractivity contribution in [3.05, 3.63) is 21.9 Å². The van der Waals surface area contributed by atoms with Gasteiger partial charge in [-0.1, -0.05) is 6.92 Å². The first-order valence-corrected chi connectivity index (χ1v) is 11.7. The van der Waals surface area contributed by atoms with Crippen molar-refractivity contribution in [3.63, 3.8) is 0 Å². The lowest BCUT2D eigenvalue weighted by Gasteiger charge is -2.43. The summed E-state index contributed by atoms with van der Waals surface area (Å²) in [7, 11) is 0. The Kier molecular flexibility index (Phi) is 7.66. The van der Waals surface area contributed by atoms with E-state index >= 15 is 0 Å². The zero-order valence-electron chi connectivity index (χ0n) is 16.1. The van der Waals surface area contributed by atoms with Crippen LogP contribution in [0.1, 0.15) is 30.0 Å². The Hall–Kier alpha value is -0.760. The third-order valence-corrected chi connectivity index (χ3v) is 7.60. The van der Waals surface area contributed by atoms with Crippen LogP contribution >= 0.6 is 23.1 Å². The average molecular weight is 397 g/mol. The molecule has 0 bridgehead atoms. The summed E-state index contributed by atoms with van der Waals surface area (Å²) in [5.41, 5.74) is 0.239. The Morgan fingerprint density at radius 1 is 1.23 bits per heavy atom. The second-order valence-corrected chi connectivity index (χ2v) is 9.25. The summed E-state index contributed by atoms with van der Waals surface area (Å²) in [6, 6.07) is 4.43. The fraction of sp³-hybridized carbons (Fsp3) is 0.737. The molecule has 26 heavy (non-hydrogen) atoms. The number of thioether (sulfide) groups is 1. The monoisotopic (exact) mass is 396 g/mol. The molecule has 1 aromatic rings. The van der Waals surface area contributed by atoms with Crippen LogP contribution in [0.15, 0.2) is 17.1 Å². The van der Waals surface area contributed by atoms with Gasteiger partial charge in [0.1, 0.15) is 0 Å². The molecule has 1 atom stereocenters. The van der Waals surface area contributed by atoms with Crippen LogP contribution in [0, 0.1) is 0 Å². The maximum atomic E-state index is 5.56. The van der Waals surface area contributed by atoms with Crippen LogP contribution in [0.3, 0.4) is 0 Å². The van der Waals surface area contributed by atoms with Gasteiger partial charge in [-0.05, 0) is 37.7 Å². The van der Waals surface area contributed by atoms with Crippen LogP contribution in [0.5, 0.6) is 0 Å². The van der Waals surface area contributed by atoms with E-state index in [9.17, 15) is 0 Å². The number of guanidine groups is 1. The van der Waals surface area contributed by atoms with E-state index in [0.29, 0.717) is 0 Å². The molecule has 2 aliphatic heterocycles. The first-order chi connectivity index (χ1) is 12.8. The zero-order valence-corrected chi connectivity index (χ0v) is 17.7. The number of thiophene rings is 1. The molecule has 0 saturated carbocycles. The minimum absolute atomic E-state index is 0.239. The highest BCUT2D eigenvalue weighted by Crippen LogP contribution is 2.33. The number of hydrogen-bond acceptors (Lipinski definition) is 5. The number of rotatable bonds is 7. The van der Waals surface area contributed by atoms with Crippen molar-refractivity contribution >= 4 is 29.1 Å². The smallest absolute Gasteiger partial charge is 0.191 e. The standard InChI is InChI=1S/C19H32N4OS2/c1-3-16-5-6-17(26-16)13-21-18(20-4-2)22-14-19(7-12-25-15-19)23-8-10-24-11-9-23/h5-6H,3-4,7-15H2,1-2H3,(H2,20,21,22). The van der Waals surface area contributed by atoms with E-state index in [1.54, 1.807) is 0 Å². The minimum atomic E-state index is 0.239. The molecule has 2 saturated heterocycles. The molecule has 3 rings (SSSR count). The summed E-state index contributed by atoms with van der Waals surface area (Å²) in [6.07, 6.45) is 2.35. The second kappa shape index (κ2) is 9.97. The number of aryl methyl sites for hydroxylation is 1. The van der Waals surface area contributed by atoms with E-state index in [4.69, 9.17) is 9.73 Å². The summed E-state index contributed by atoms with van der Waals surface area (Å²) >= 11 is 3.94. The van der Waals surface area contributed by atoms with Gasteiger partial charge < -0.3 is 15.4 Å². The van der Waals surface area contributed by atoms with Crippen LogP contribution in [0.25, 0.3) is 0 Å². The molecule has 7 heteroatoms. The summed E-state index contributed by atoms with van der Waals surface area (Å²) in [4.78, 5) is 10.2. The number of morpholine rings is 1. The molecule has 2 fully saturated rings. The fourth-order valence-electron chi connectivity index (χ4n) is 3.58. The Labute approximate surface area is 166 Å². The SMILES string of the molecule is CCNC(=NCc1ccc(CC)s1)NCC1(N2CCOCC2)CCSC1. The second-order valence-electron chi connectivity index (χ2n) is 6.90. The maximum Gasteiger partial charge on any atom is 0.191 e. The highest BCUT2D eigenvalue weighted by atomic mass is 32.2. The molecule has 1 unspecified atom stereocenters. The predicted octanol–water partition coefficient (Wildman–Crippen LogP) is 2.57. The molecule has 5 nitrogen and oxygen atoms in total. The van der Waals surface area contributed by atoms with Gasteiger partial charge in [-0.25, -0.2) is 4.99 Å². The van der Waals surface area contributed by atoms with Gasteiger partial charge in [-0.2, -0.15) is 11.8 Å². The van der Waals surface area contributed by atoms with E-state index in [0.717, 1.165) is 58.3 Å². The van der Waals surface area contributed by atoms with Crippen LogP contribution in [-0.2, 0) is 17.7 Å². The predicted molar refractivity (Wildman–Crippen MR) is 114 cm³/mol. The average Bonchev–Trinajstić information content (AvgIpc) is 3.35. The summed E-state index contributed by atoms with van der Waals surface area (Å²) in [5.74, 6) is 3.38. The normalized spacial score (nSPS) is 24.8. The van der Waals surface area contributed by atoms with Gasteiger partial charge >= 0.3 is 0 Å². The molecule has 2 aliphatic rings. The molecule has 0 amide bonds. The maximum absolute atomic E-state index is 5.56. The number of nitrogens with zero attached hydrogens (tertiary/aromatic N) is 2. The highest BCUT2D eigenvalue weighted by molar-refractivity contribution is 7.99. The van der Waals surface area contributed by atoms with Crippen molar-refractivity contribution < 1.29 is 4.74 Å². The summed E-state index contributed by atoms with van der Waals surface area (Å²) < 4.78 is 5.56. The van der Waals surface area contributed by atoms with Crippen molar-refractivity contribution in [2.45, 2.75) is 38.8 Å². The first-order valence-electron chi connectivity index (χ1n) is 9.76. The fourth-order valence-corrected chi connectivity index (χ4v) is 5.94. The van der Waals surface area contributed by atoms with Gasteiger partial charge in [0.25, 0.3) is 0 Å². The van der Waals surface area contributed by atoms with Crippen LogP contribution in [0.4, 0.5) is 0 Å². The molecule has 0 radical (unpaired) electrons. The van der Waals surface area contributed by atoms with Crippen molar-refractivity contribution in [1.82, 2.24) is 15.5 Å². The van der Waals surface area contributed by atoms with E-state index in [2.05, 4.69) is 53.3 Å². The van der Waals surface area contributed by atoms with E-state index in [-0.39, 0.29) is 5.54 Å². The lowest BCUT2D eigenvalue weighted by Crippen LogP contribution is -2.60. The van der Waals surface area contributed by atoms with Gasteiger partial charge in [0.2, 0.25) is 0 Å². The van der Waals surface area contributed by atoms with Crippen LogP contribution in [0.2, 0.25) is 0 Å². The summed E-state index contributed by atoms with van der Waals surface area (Å²) in [6.45, 7) is 10.7. The largest absolute Gasteiger partial charge is 0.379 e. The van der Waals surface area contributed by atoms with Gasteiger partial charge in [-0.3, -0.25) is 4.90 Å². The molecule has 0 spiro atoms. The third-order valence-electron chi connectivity index (χ3n) is 5.15. The van der Waals surface area contributed by atoms with Crippen molar-refractivity contribution in [2.24, 2.45) is 4.99 Å². The minimum Gasteiger partial charge on any atom is -0.379 e. The lowest BCUT2D eigenvalue weighted by molar-refractivity contribution is -0.0120. The Bertz CT molecular complexity index is 578. The quantitative estimate of drug-likeness (QED) is 0.548. The molecule has 0 aromatic carbocycles. The van der Waals surface area contributed by atoms with Crippen molar-refractivity contribution in [2.75, 3.05) is 50.9 Å². The van der Waals surface area contributed by atoms with Gasteiger partial charge in [0.15, 0.2) is 5.96 Å². The molecule has 1 aromatic heterocycles. The Morgan fingerprint density at radius 3 is 2.69 bits per heavy atom. The molecular weight excluding hydrogens is 364 g/mol. The molecule has 3 heterocycles. The Morgan fingerprint density at radius 2 is 2.04 bits per heavy atom. The number of ether oxygens (including phenoxy) is 1. The number of nitrogens with one attached hydrogen (secondary N) is 2.